The number of rotatable bonds is 6. The van der Waals surface area contributed by atoms with E-state index in [4.69, 9.17) is 21.4 Å². The number of morpholine rings is 1. The lowest BCUT2D eigenvalue weighted by Crippen LogP contribution is -2.49. The Hall–Kier alpha value is -2.44. The summed E-state index contributed by atoms with van der Waals surface area (Å²) in [4.78, 5) is 35.4. The summed E-state index contributed by atoms with van der Waals surface area (Å²) in [5, 5.41) is 23.6. The fraction of sp³-hybridized carbons (Fsp3) is 0.667. The number of nitro groups is 1. The van der Waals surface area contributed by atoms with E-state index in [2.05, 4.69) is 20.2 Å². The first-order valence-electron chi connectivity index (χ1n) is 8.94. The van der Waals surface area contributed by atoms with E-state index >= 15 is 0 Å². The Labute approximate surface area is 166 Å². The van der Waals surface area contributed by atoms with E-state index in [9.17, 15) is 14.9 Å². The summed E-state index contributed by atoms with van der Waals surface area (Å²) >= 11 is 6.00. The van der Waals surface area contributed by atoms with Crippen LogP contribution in [-0.2, 0) is 4.74 Å². The van der Waals surface area contributed by atoms with E-state index in [0.717, 1.165) is 0 Å². The van der Waals surface area contributed by atoms with Crippen LogP contribution in [0.1, 0.15) is 0 Å². The fourth-order valence-electron chi connectivity index (χ4n) is 3.20. The van der Waals surface area contributed by atoms with E-state index in [0.29, 0.717) is 65.6 Å². The van der Waals surface area contributed by atoms with Gasteiger partial charge in [-0.2, -0.15) is 9.97 Å². The number of carboxylic acid groups (broad SMARTS) is 1. The monoisotopic (exact) mass is 415 g/mol. The van der Waals surface area contributed by atoms with Gasteiger partial charge in [0, 0.05) is 52.4 Å². The summed E-state index contributed by atoms with van der Waals surface area (Å²) in [7, 11) is 0. The SMILES string of the molecule is O=C(O)N1CCN(CCNc2nc(Cl)nc(N3CCOCC3)c2[N+](=O)[O-])CC1. The third-order valence-corrected chi connectivity index (χ3v) is 4.86. The van der Waals surface area contributed by atoms with Crippen molar-refractivity contribution in [1.82, 2.24) is 19.8 Å². The van der Waals surface area contributed by atoms with Gasteiger partial charge in [0.25, 0.3) is 0 Å². The Kier molecular flexibility index (Phi) is 6.65. The molecule has 3 rings (SSSR count). The van der Waals surface area contributed by atoms with Crippen LogP contribution < -0.4 is 10.2 Å². The maximum absolute atomic E-state index is 11.7. The first-order valence-corrected chi connectivity index (χ1v) is 9.32. The van der Waals surface area contributed by atoms with E-state index in [1.807, 2.05) is 0 Å². The van der Waals surface area contributed by atoms with Gasteiger partial charge in [-0.05, 0) is 11.6 Å². The zero-order chi connectivity index (χ0) is 20.1. The molecule has 2 N–H and O–H groups in total. The summed E-state index contributed by atoms with van der Waals surface area (Å²) in [6.07, 6.45) is -0.917. The molecule has 2 aliphatic heterocycles. The van der Waals surface area contributed by atoms with Crippen LogP contribution >= 0.6 is 11.6 Å². The summed E-state index contributed by atoms with van der Waals surface area (Å²) in [5.74, 6) is 0.265. The van der Waals surface area contributed by atoms with Crippen molar-refractivity contribution in [2.24, 2.45) is 0 Å². The van der Waals surface area contributed by atoms with Crippen molar-refractivity contribution in [1.29, 1.82) is 0 Å². The second-order valence-electron chi connectivity index (χ2n) is 6.41. The Morgan fingerprint density at radius 2 is 1.89 bits per heavy atom. The van der Waals surface area contributed by atoms with Gasteiger partial charge in [-0.15, -0.1) is 0 Å². The third-order valence-electron chi connectivity index (χ3n) is 4.69. The predicted octanol–water partition coefficient (Wildman–Crippen LogP) is 0.582. The van der Waals surface area contributed by atoms with Gasteiger partial charge >= 0.3 is 11.8 Å². The number of nitrogens with zero attached hydrogens (tertiary/aromatic N) is 6. The molecule has 1 aromatic heterocycles. The van der Waals surface area contributed by atoms with Crippen molar-refractivity contribution < 1.29 is 19.6 Å². The molecule has 0 spiro atoms. The lowest BCUT2D eigenvalue weighted by Gasteiger charge is -2.33. The average molecular weight is 416 g/mol. The van der Waals surface area contributed by atoms with Gasteiger partial charge in [-0.25, -0.2) is 4.79 Å². The van der Waals surface area contributed by atoms with Crippen LogP contribution in [0.5, 0.6) is 0 Å². The topological polar surface area (TPSA) is 137 Å². The maximum atomic E-state index is 11.7. The number of amides is 1. The molecule has 0 saturated carbocycles. The zero-order valence-corrected chi connectivity index (χ0v) is 16.0. The molecule has 0 atom stereocenters. The molecule has 0 unspecified atom stereocenters. The van der Waals surface area contributed by atoms with Crippen LogP contribution in [0.2, 0.25) is 5.28 Å². The van der Waals surface area contributed by atoms with E-state index in [1.165, 1.54) is 4.90 Å². The number of hydrogen-bond donors (Lipinski definition) is 2. The van der Waals surface area contributed by atoms with Crippen molar-refractivity contribution in [3.8, 4) is 0 Å². The minimum atomic E-state index is -0.917. The first kappa shape index (κ1) is 20.3. The van der Waals surface area contributed by atoms with Crippen molar-refractivity contribution >= 4 is 35.0 Å². The molecule has 12 nitrogen and oxygen atoms in total. The molecule has 0 radical (unpaired) electrons. The lowest BCUT2D eigenvalue weighted by molar-refractivity contribution is -0.383. The molecule has 1 aromatic rings. The Bertz CT molecular complexity index is 723. The molecule has 13 heteroatoms. The van der Waals surface area contributed by atoms with Gasteiger partial charge in [0.15, 0.2) is 0 Å². The second kappa shape index (κ2) is 9.17. The maximum Gasteiger partial charge on any atom is 0.407 e. The number of halogens is 1. The molecule has 154 valence electrons. The molecular formula is C15H22ClN7O5. The van der Waals surface area contributed by atoms with Crippen LogP contribution in [-0.4, -0.2) is 101 Å². The van der Waals surface area contributed by atoms with Crippen molar-refractivity contribution in [2.45, 2.75) is 0 Å². The molecule has 2 aliphatic rings. The highest BCUT2D eigenvalue weighted by Gasteiger charge is 2.29. The van der Waals surface area contributed by atoms with Gasteiger partial charge in [0.05, 0.1) is 18.1 Å². The zero-order valence-electron chi connectivity index (χ0n) is 15.2. The lowest BCUT2D eigenvalue weighted by atomic mass is 10.3. The standard InChI is InChI=1S/C15H22ClN7O5/c16-14-18-12(17-1-2-20-3-5-22(6-4-20)15(24)25)11(23(26)27)13(19-14)21-7-9-28-10-8-21/h1-10H2,(H,24,25)(H,17,18,19). The van der Waals surface area contributed by atoms with Crippen LogP contribution in [0.15, 0.2) is 0 Å². The first-order chi connectivity index (χ1) is 13.5. The number of carbonyl (C=O) groups is 1. The van der Waals surface area contributed by atoms with Crippen molar-refractivity contribution in [3.05, 3.63) is 15.4 Å². The number of nitrogens with one attached hydrogen (secondary N) is 1. The number of aromatic nitrogens is 2. The Morgan fingerprint density at radius 1 is 1.21 bits per heavy atom. The summed E-state index contributed by atoms with van der Waals surface area (Å²) < 4.78 is 5.29. The summed E-state index contributed by atoms with van der Waals surface area (Å²) in [6.45, 7) is 5.00. The third kappa shape index (κ3) is 4.88. The molecule has 0 bridgehead atoms. The quantitative estimate of drug-likeness (QED) is 0.385. The van der Waals surface area contributed by atoms with Crippen LogP contribution in [0.25, 0.3) is 0 Å². The van der Waals surface area contributed by atoms with E-state index < -0.39 is 11.0 Å². The normalized spacial score (nSPS) is 18.2. The molecule has 28 heavy (non-hydrogen) atoms. The van der Waals surface area contributed by atoms with E-state index in [1.54, 1.807) is 4.90 Å². The number of anilines is 2. The van der Waals surface area contributed by atoms with Gasteiger partial charge in [-0.1, -0.05) is 0 Å². The number of ether oxygens (including phenoxy) is 1. The largest absolute Gasteiger partial charge is 0.465 e. The molecule has 2 fully saturated rings. The molecule has 1 amide bonds. The molecule has 0 aliphatic carbocycles. The molecule has 3 heterocycles. The molecule has 0 aromatic carbocycles. The summed E-state index contributed by atoms with van der Waals surface area (Å²) in [6, 6.07) is 0. The van der Waals surface area contributed by atoms with Gasteiger partial charge < -0.3 is 25.0 Å². The summed E-state index contributed by atoms with van der Waals surface area (Å²) in [5.41, 5.74) is -0.206. The van der Waals surface area contributed by atoms with Crippen molar-refractivity contribution in [2.75, 3.05) is 75.8 Å². The molecular weight excluding hydrogens is 394 g/mol. The van der Waals surface area contributed by atoms with Gasteiger partial charge in [0.2, 0.25) is 16.9 Å². The minimum absolute atomic E-state index is 0.0651. The second-order valence-corrected chi connectivity index (χ2v) is 6.75. The van der Waals surface area contributed by atoms with Gasteiger partial charge in [0.1, 0.15) is 0 Å². The van der Waals surface area contributed by atoms with Gasteiger partial charge in [-0.3, -0.25) is 15.0 Å². The highest BCUT2D eigenvalue weighted by molar-refractivity contribution is 6.28. The van der Waals surface area contributed by atoms with Crippen LogP contribution in [0, 0.1) is 10.1 Å². The number of piperazine rings is 1. The Balaban J connectivity index is 1.65. The fourth-order valence-corrected chi connectivity index (χ4v) is 3.36. The minimum Gasteiger partial charge on any atom is -0.465 e. The Morgan fingerprint density at radius 3 is 2.50 bits per heavy atom. The average Bonchev–Trinajstić information content (AvgIpc) is 2.68. The number of hydrogen-bond acceptors (Lipinski definition) is 9. The van der Waals surface area contributed by atoms with Crippen LogP contribution in [0.4, 0.5) is 22.1 Å². The molecule has 2 saturated heterocycles. The van der Waals surface area contributed by atoms with Crippen LogP contribution in [0.3, 0.4) is 0 Å². The smallest absolute Gasteiger partial charge is 0.407 e. The highest BCUT2D eigenvalue weighted by Crippen LogP contribution is 2.34. The van der Waals surface area contributed by atoms with E-state index in [-0.39, 0.29) is 22.6 Å². The predicted molar refractivity (Wildman–Crippen MR) is 101 cm³/mol. The van der Waals surface area contributed by atoms with Crippen molar-refractivity contribution in [3.63, 3.8) is 0 Å². The highest BCUT2D eigenvalue weighted by atomic mass is 35.5.